The van der Waals surface area contributed by atoms with Crippen LogP contribution in [0, 0.1) is 0 Å². The molecule has 140 valence electrons. The van der Waals surface area contributed by atoms with E-state index in [1.54, 1.807) is 12.1 Å². The van der Waals surface area contributed by atoms with Crippen LogP contribution in [0.1, 0.15) is 23.3 Å². The van der Waals surface area contributed by atoms with Gasteiger partial charge in [0.1, 0.15) is 17.0 Å². The van der Waals surface area contributed by atoms with E-state index in [9.17, 15) is 4.79 Å². The normalized spacial score (nSPS) is 15.2. The average Bonchev–Trinajstić information content (AvgIpc) is 3.37. The molecule has 0 bridgehead atoms. The van der Waals surface area contributed by atoms with Crippen molar-refractivity contribution < 1.29 is 9.21 Å². The first-order valence-corrected chi connectivity index (χ1v) is 9.50. The molecule has 0 spiro atoms. The molecule has 0 fully saturated rings. The van der Waals surface area contributed by atoms with E-state index in [0.29, 0.717) is 22.6 Å². The van der Waals surface area contributed by atoms with Crippen LogP contribution in [0.3, 0.4) is 0 Å². The Hall–Kier alpha value is -3.19. The number of hydrogen-bond donors (Lipinski definition) is 2. The van der Waals surface area contributed by atoms with Gasteiger partial charge in [-0.15, -0.1) is 0 Å². The van der Waals surface area contributed by atoms with Gasteiger partial charge in [-0.05, 0) is 39.2 Å². The highest BCUT2D eigenvalue weighted by atomic mass is 79.9. The lowest BCUT2D eigenvalue weighted by atomic mass is 9.80. The summed E-state index contributed by atoms with van der Waals surface area (Å²) in [6.45, 7) is 0. The monoisotopic (exact) mass is 436 g/mol. The largest absolute Gasteiger partial charge is 0.448 e. The van der Waals surface area contributed by atoms with Crippen LogP contribution in [0.25, 0.3) is 0 Å². The topological polar surface area (TPSA) is 79.0 Å². The Kier molecular flexibility index (Phi) is 5.08. The van der Waals surface area contributed by atoms with Gasteiger partial charge >= 0.3 is 0 Å². The first-order chi connectivity index (χ1) is 13.7. The molecule has 0 saturated carbocycles. The Morgan fingerprint density at radius 2 is 1.71 bits per heavy atom. The summed E-state index contributed by atoms with van der Waals surface area (Å²) in [5.41, 5.74) is 7.57. The van der Waals surface area contributed by atoms with Gasteiger partial charge in [0.25, 0.3) is 5.91 Å². The summed E-state index contributed by atoms with van der Waals surface area (Å²) in [7, 11) is 0. The first-order valence-electron chi connectivity index (χ1n) is 8.71. The van der Waals surface area contributed by atoms with E-state index < -0.39 is 5.54 Å². The maximum Gasteiger partial charge on any atom is 0.287 e. The highest BCUT2D eigenvalue weighted by Gasteiger charge is 2.41. The average molecular weight is 437 g/mol. The van der Waals surface area contributed by atoms with Crippen molar-refractivity contribution in [3.63, 3.8) is 0 Å². The third-order valence-electron chi connectivity index (χ3n) is 4.56. The van der Waals surface area contributed by atoms with Crippen molar-refractivity contribution in [3.05, 3.63) is 94.4 Å². The molecular weight excluding hydrogens is 420 g/mol. The van der Waals surface area contributed by atoms with E-state index in [2.05, 4.69) is 37.0 Å². The molecule has 4 rings (SSSR count). The maximum atomic E-state index is 12.6. The van der Waals surface area contributed by atoms with Gasteiger partial charge in [0.05, 0.1) is 6.21 Å². The summed E-state index contributed by atoms with van der Waals surface area (Å²) in [6, 6.07) is 23.5. The van der Waals surface area contributed by atoms with Crippen LogP contribution < -0.4 is 10.9 Å². The molecule has 3 aromatic rings. The molecule has 0 radical (unpaired) electrons. The molecule has 1 aromatic heterocycles. The minimum atomic E-state index is -0.592. The van der Waals surface area contributed by atoms with Crippen LogP contribution in [0.4, 0.5) is 0 Å². The third-order valence-corrected chi connectivity index (χ3v) is 4.99. The van der Waals surface area contributed by atoms with Gasteiger partial charge < -0.3 is 4.42 Å². The fourth-order valence-electron chi connectivity index (χ4n) is 3.19. The lowest BCUT2D eigenvalue weighted by Gasteiger charge is -2.30. The lowest BCUT2D eigenvalue weighted by Crippen LogP contribution is -2.38. The van der Waals surface area contributed by atoms with Gasteiger partial charge in [0.2, 0.25) is 0 Å². The molecule has 2 heterocycles. The maximum absolute atomic E-state index is 12.6. The Labute approximate surface area is 170 Å². The number of amides is 1. The highest BCUT2D eigenvalue weighted by molar-refractivity contribution is 9.10. The van der Waals surface area contributed by atoms with E-state index in [-0.39, 0.29) is 5.91 Å². The fourth-order valence-corrected chi connectivity index (χ4v) is 3.51. The van der Waals surface area contributed by atoms with E-state index in [4.69, 9.17) is 4.42 Å². The predicted molar refractivity (Wildman–Crippen MR) is 111 cm³/mol. The SMILES string of the molecule is O=C(N/N=C\c1ccc(Br)o1)C1=NNC(c2ccccc2)(c2ccccc2)C1. The number of hydrogen-bond acceptors (Lipinski definition) is 5. The Morgan fingerprint density at radius 3 is 2.29 bits per heavy atom. The van der Waals surface area contributed by atoms with Crippen LogP contribution in [-0.2, 0) is 10.3 Å². The molecule has 0 atom stereocenters. The summed E-state index contributed by atoms with van der Waals surface area (Å²) in [5.74, 6) is 0.171. The van der Waals surface area contributed by atoms with Crippen LogP contribution in [-0.4, -0.2) is 17.8 Å². The van der Waals surface area contributed by atoms with Gasteiger partial charge in [-0.3, -0.25) is 10.2 Å². The van der Waals surface area contributed by atoms with Crippen LogP contribution >= 0.6 is 15.9 Å². The first kappa shape index (κ1) is 18.2. The van der Waals surface area contributed by atoms with Crippen molar-refractivity contribution in [2.45, 2.75) is 12.0 Å². The quantitative estimate of drug-likeness (QED) is 0.471. The zero-order valence-corrected chi connectivity index (χ0v) is 16.4. The third kappa shape index (κ3) is 3.61. The molecule has 6 nitrogen and oxygen atoms in total. The Balaban J connectivity index is 1.53. The molecule has 0 saturated heterocycles. The van der Waals surface area contributed by atoms with Gasteiger partial charge in [0, 0.05) is 6.42 Å². The second-order valence-corrected chi connectivity index (χ2v) is 7.11. The molecular formula is C21H17BrN4O2. The van der Waals surface area contributed by atoms with Crippen molar-refractivity contribution in [2.24, 2.45) is 10.2 Å². The fraction of sp³-hybridized carbons (Fsp3) is 0.0952. The number of halogens is 1. The molecule has 0 unspecified atom stereocenters. The molecule has 1 aliphatic rings. The summed E-state index contributed by atoms with van der Waals surface area (Å²) in [4.78, 5) is 12.6. The smallest absolute Gasteiger partial charge is 0.287 e. The molecule has 2 N–H and O–H groups in total. The summed E-state index contributed by atoms with van der Waals surface area (Å²) in [6.07, 6.45) is 1.85. The summed E-state index contributed by atoms with van der Waals surface area (Å²) in [5, 5.41) is 8.27. The van der Waals surface area contributed by atoms with Crippen LogP contribution in [0.15, 0.2) is 92.1 Å². The number of benzene rings is 2. The zero-order valence-electron chi connectivity index (χ0n) is 14.8. The van der Waals surface area contributed by atoms with Gasteiger partial charge in [0.15, 0.2) is 4.67 Å². The number of carbonyl (C=O) groups is 1. The zero-order chi connectivity index (χ0) is 19.4. The predicted octanol–water partition coefficient (Wildman–Crippen LogP) is 3.79. The lowest BCUT2D eigenvalue weighted by molar-refractivity contribution is -0.114. The molecule has 0 aliphatic carbocycles. The van der Waals surface area contributed by atoms with Crippen LogP contribution in [0.5, 0.6) is 0 Å². The molecule has 28 heavy (non-hydrogen) atoms. The number of nitrogens with zero attached hydrogens (tertiary/aromatic N) is 2. The van der Waals surface area contributed by atoms with Crippen molar-refractivity contribution in [1.82, 2.24) is 10.9 Å². The van der Waals surface area contributed by atoms with Crippen molar-refractivity contribution in [1.29, 1.82) is 0 Å². The molecule has 7 heteroatoms. The Bertz CT molecular complexity index is 989. The van der Waals surface area contributed by atoms with Crippen molar-refractivity contribution in [3.8, 4) is 0 Å². The Morgan fingerprint density at radius 1 is 1.07 bits per heavy atom. The number of carbonyl (C=O) groups excluding carboxylic acids is 1. The second kappa shape index (κ2) is 7.82. The highest BCUT2D eigenvalue weighted by Crippen LogP contribution is 2.36. The number of nitrogens with one attached hydrogen (secondary N) is 2. The number of rotatable bonds is 5. The number of hydrazone groups is 2. The minimum Gasteiger partial charge on any atom is -0.448 e. The van der Waals surface area contributed by atoms with E-state index in [1.165, 1.54) is 6.21 Å². The molecule has 1 aliphatic heterocycles. The molecule has 1 amide bonds. The summed E-state index contributed by atoms with van der Waals surface area (Å²) < 4.78 is 5.91. The van der Waals surface area contributed by atoms with Crippen molar-refractivity contribution in [2.75, 3.05) is 0 Å². The standard InChI is InChI=1S/C21H17BrN4O2/c22-19-12-11-17(28-19)14-23-25-20(27)18-13-21(26-24-18,15-7-3-1-4-8-15)16-9-5-2-6-10-16/h1-12,14,26H,13H2,(H,25,27)/b23-14-. The molecule has 2 aromatic carbocycles. The van der Waals surface area contributed by atoms with E-state index in [1.807, 2.05) is 60.7 Å². The second-order valence-electron chi connectivity index (χ2n) is 6.33. The van der Waals surface area contributed by atoms with Crippen molar-refractivity contribution >= 4 is 33.8 Å². The van der Waals surface area contributed by atoms with Gasteiger partial charge in [-0.2, -0.15) is 10.2 Å². The van der Waals surface area contributed by atoms with Gasteiger partial charge in [-0.1, -0.05) is 60.7 Å². The summed E-state index contributed by atoms with van der Waals surface area (Å²) >= 11 is 3.22. The number of furan rings is 1. The van der Waals surface area contributed by atoms with E-state index in [0.717, 1.165) is 11.1 Å². The van der Waals surface area contributed by atoms with E-state index >= 15 is 0 Å². The minimum absolute atomic E-state index is 0.358. The van der Waals surface area contributed by atoms with Gasteiger partial charge in [-0.25, -0.2) is 5.43 Å². The van der Waals surface area contributed by atoms with Crippen LogP contribution in [0.2, 0.25) is 0 Å².